The van der Waals surface area contributed by atoms with E-state index in [1.165, 1.54) is 18.4 Å². The minimum Gasteiger partial charge on any atom is -0.481 e. The molecule has 1 aliphatic rings. The standard InChI is InChI=1S/C23H22ClN5O5/c1-12(20(31)32)13(2)29-22(33)27-21(25-17-7-8-18-15(9-17)10-19(30)26-18)28(23(29)34)11-14-3-5-16(24)6-4-14/h3-9,12-13H,10-11H2,1-2H3,(H,26,30)(H,31,32)(H,25,27,33)/t12-,13+/m1/s1. The van der Waals surface area contributed by atoms with E-state index >= 15 is 0 Å². The molecule has 3 aromatic rings. The fraction of sp³-hybridized carbons (Fsp3) is 0.261. The number of hydrogen-bond acceptors (Lipinski definition) is 5. The highest BCUT2D eigenvalue weighted by Gasteiger charge is 2.25. The molecule has 0 radical (unpaired) electrons. The summed E-state index contributed by atoms with van der Waals surface area (Å²) in [5.74, 6) is -2.23. The number of aliphatic carboxylic acids is 1. The summed E-state index contributed by atoms with van der Waals surface area (Å²) in [5.41, 5.74) is 1.15. The van der Waals surface area contributed by atoms with Crippen molar-refractivity contribution >= 4 is 34.9 Å². The van der Waals surface area contributed by atoms with Crippen LogP contribution in [-0.4, -0.2) is 31.1 Å². The zero-order valence-electron chi connectivity index (χ0n) is 18.4. The fourth-order valence-corrected chi connectivity index (χ4v) is 3.86. The van der Waals surface area contributed by atoms with Gasteiger partial charge in [-0.3, -0.25) is 19.1 Å². The number of amides is 1. The van der Waals surface area contributed by atoms with Crippen LogP contribution in [0.3, 0.4) is 0 Å². The lowest BCUT2D eigenvalue weighted by molar-refractivity contribution is -0.142. The monoisotopic (exact) mass is 483 g/mol. The Balaban J connectivity index is 1.89. The lowest BCUT2D eigenvalue weighted by Crippen LogP contribution is -2.52. The Bertz CT molecular complexity index is 1470. The van der Waals surface area contributed by atoms with E-state index in [1.54, 1.807) is 42.5 Å². The van der Waals surface area contributed by atoms with E-state index in [9.17, 15) is 24.3 Å². The van der Waals surface area contributed by atoms with Crippen molar-refractivity contribution in [1.29, 1.82) is 0 Å². The molecule has 0 spiro atoms. The number of aromatic amines is 1. The maximum atomic E-state index is 13.4. The smallest absolute Gasteiger partial charge is 0.335 e. The van der Waals surface area contributed by atoms with Crippen molar-refractivity contribution < 1.29 is 14.7 Å². The highest BCUT2D eigenvalue weighted by molar-refractivity contribution is 6.30. The van der Waals surface area contributed by atoms with E-state index in [1.807, 2.05) is 0 Å². The zero-order chi connectivity index (χ0) is 24.6. The first-order valence-electron chi connectivity index (χ1n) is 10.5. The van der Waals surface area contributed by atoms with E-state index in [-0.39, 0.29) is 24.5 Å². The molecule has 0 saturated heterocycles. The van der Waals surface area contributed by atoms with Gasteiger partial charge in [0.05, 0.1) is 30.6 Å². The van der Waals surface area contributed by atoms with Crippen molar-refractivity contribution in [3.63, 3.8) is 0 Å². The minimum atomic E-state index is -1.13. The number of rotatable bonds is 6. The fourth-order valence-electron chi connectivity index (χ4n) is 3.73. The molecule has 34 heavy (non-hydrogen) atoms. The second-order valence-electron chi connectivity index (χ2n) is 8.16. The summed E-state index contributed by atoms with van der Waals surface area (Å²) >= 11 is 5.97. The van der Waals surface area contributed by atoms with Crippen molar-refractivity contribution in [1.82, 2.24) is 14.1 Å². The van der Waals surface area contributed by atoms with Crippen molar-refractivity contribution in [3.8, 4) is 0 Å². The van der Waals surface area contributed by atoms with Gasteiger partial charge in [-0.1, -0.05) is 23.7 Å². The van der Waals surface area contributed by atoms with Crippen LogP contribution in [0.5, 0.6) is 0 Å². The number of carbonyl (C=O) groups is 2. The van der Waals surface area contributed by atoms with Crippen molar-refractivity contribution in [3.05, 3.63) is 85.2 Å². The summed E-state index contributed by atoms with van der Waals surface area (Å²) < 4.78 is 2.16. The van der Waals surface area contributed by atoms with Gasteiger partial charge in [0.2, 0.25) is 11.5 Å². The Morgan fingerprint density at radius 1 is 1.15 bits per heavy atom. The topological polar surface area (TPSA) is 139 Å². The molecule has 0 aliphatic carbocycles. The van der Waals surface area contributed by atoms with Gasteiger partial charge in [0, 0.05) is 10.7 Å². The normalized spacial score (nSPS) is 15.0. The maximum absolute atomic E-state index is 13.4. The van der Waals surface area contributed by atoms with Crippen molar-refractivity contribution in [2.45, 2.75) is 32.9 Å². The Morgan fingerprint density at radius 3 is 2.53 bits per heavy atom. The van der Waals surface area contributed by atoms with Crippen LogP contribution in [0.25, 0.3) is 0 Å². The molecular formula is C23H22ClN5O5. The first-order chi connectivity index (χ1) is 16.1. The number of carboxylic acid groups (broad SMARTS) is 1. The molecule has 2 atom stereocenters. The summed E-state index contributed by atoms with van der Waals surface area (Å²) in [4.78, 5) is 56.5. The van der Waals surface area contributed by atoms with E-state index in [0.29, 0.717) is 16.4 Å². The number of carboxylic acids is 1. The molecule has 1 aromatic heterocycles. The number of nitrogens with one attached hydrogen (secondary N) is 2. The van der Waals surface area contributed by atoms with Gasteiger partial charge >= 0.3 is 17.3 Å². The molecule has 1 aliphatic heterocycles. The summed E-state index contributed by atoms with van der Waals surface area (Å²) in [6.45, 7) is 2.99. The van der Waals surface area contributed by atoms with E-state index < -0.39 is 29.3 Å². The molecule has 2 aromatic carbocycles. The molecule has 0 unspecified atom stereocenters. The molecule has 176 valence electrons. The third kappa shape index (κ3) is 4.58. The summed E-state index contributed by atoms with van der Waals surface area (Å²) in [7, 11) is 0. The quantitative estimate of drug-likeness (QED) is 0.492. The first kappa shape index (κ1) is 23.2. The third-order valence-corrected chi connectivity index (χ3v) is 6.11. The van der Waals surface area contributed by atoms with Crippen LogP contribution in [0.1, 0.15) is 31.0 Å². The number of fused-ring (bicyclic) bond motifs is 1. The first-order valence-corrected chi connectivity index (χ1v) is 10.9. The Hall–Kier alpha value is -3.92. The number of anilines is 1. The lowest BCUT2D eigenvalue weighted by atomic mass is 10.0. The van der Waals surface area contributed by atoms with Gasteiger partial charge in [-0.25, -0.2) is 19.1 Å². The van der Waals surface area contributed by atoms with Gasteiger partial charge in [0.1, 0.15) is 0 Å². The third-order valence-electron chi connectivity index (χ3n) is 5.85. The second kappa shape index (κ2) is 9.14. The van der Waals surface area contributed by atoms with Crippen LogP contribution in [0.4, 0.5) is 11.4 Å². The summed E-state index contributed by atoms with van der Waals surface area (Å²) in [6, 6.07) is 11.0. The molecule has 0 fully saturated rings. The van der Waals surface area contributed by atoms with Crippen LogP contribution in [0.2, 0.25) is 5.02 Å². The maximum Gasteiger partial charge on any atom is 0.335 e. The van der Waals surface area contributed by atoms with Crippen molar-refractivity contribution in [2.75, 3.05) is 5.32 Å². The Morgan fingerprint density at radius 2 is 1.85 bits per heavy atom. The van der Waals surface area contributed by atoms with Gasteiger partial charge in [-0.05, 0) is 55.3 Å². The largest absolute Gasteiger partial charge is 0.481 e. The Labute approximate surface area is 198 Å². The average Bonchev–Trinajstić information content (AvgIpc) is 3.16. The molecule has 2 heterocycles. The average molecular weight is 484 g/mol. The molecule has 11 heteroatoms. The van der Waals surface area contributed by atoms with Crippen molar-refractivity contribution in [2.24, 2.45) is 10.9 Å². The lowest BCUT2D eigenvalue weighted by Gasteiger charge is -2.19. The van der Waals surface area contributed by atoms with Gasteiger partial charge in [0.15, 0.2) is 0 Å². The molecule has 0 saturated carbocycles. The van der Waals surface area contributed by atoms with Crippen LogP contribution < -0.4 is 22.3 Å². The highest BCUT2D eigenvalue weighted by Crippen LogP contribution is 2.27. The van der Waals surface area contributed by atoms with Crippen LogP contribution in [0, 0.1) is 5.92 Å². The molecular weight excluding hydrogens is 462 g/mol. The molecule has 0 bridgehead atoms. The summed E-state index contributed by atoms with van der Waals surface area (Å²) in [5, 5.41) is 12.6. The predicted octanol–water partition coefficient (Wildman–Crippen LogP) is 2.05. The molecule has 10 nitrogen and oxygen atoms in total. The van der Waals surface area contributed by atoms with E-state index in [0.717, 1.165) is 15.7 Å². The van der Waals surface area contributed by atoms with E-state index in [4.69, 9.17) is 11.6 Å². The molecule has 3 N–H and O–H groups in total. The number of aromatic nitrogens is 3. The van der Waals surface area contributed by atoms with Gasteiger partial charge in [-0.2, -0.15) is 0 Å². The van der Waals surface area contributed by atoms with E-state index in [2.05, 4.69) is 15.3 Å². The van der Waals surface area contributed by atoms with Gasteiger partial charge in [0.25, 0.3) is 0 Å². The van der Waals surface area contributed by atoms with Crippen LogP contribution in [0.15, 0.2) is 57.0 Å². The van der Waals surface area contributed by atoms with Crippen LogP contribution in [-0.2, 0) is 22.6 Å². The Kier molecular flexibility index (Phi) is 6.25. The SMILES string of the molecule is C[C@@H](C(=O)O)[C@H](C)n1c(=O)[nH]/c(=N\c2ccc3c(c2)CC(=O)N3)n(Cc2ccc(Cl)cc2)c1=O. The number of carbonyl (C=O) groups excluding carboxylic acids is 1. The molecule has 1 amide bonds. The predicted molar refractivity (Wildman–Crippen MR) is 125 cm³/mol. The summed E-state index contributed by atoms with van der Waals surface area (Å²) in [6.07, 6.45) is 0.214. The number of hydrogen-bond donors (Lipinski definition) is 3. The van der Waals surface area contributed by atoms with Gasteiger partial charge < -0.3 is 10.4 Å². The van der Waals surface area contributed by atoms with Crippen LogP contribution >= 0.6 is 11.6 Å². The molecule has 4 rings (SSSR count). The minimum absolute atomic E-state index is 0.00592. The number of H-pyrrole nitrogens is 1. The number of benzene rings is 2. The highest BCUT2D eigenvalue weighted by atomic mass is 35.5. The second-order valence-corrected chi connectivity index (χ2v) is 8.60. The number of halogens is 1. The number of nitrogens with zero attached hydrogens (tertiary/aromatic N) is 3. The zero-order valence-corrected chi connectivity index (χ0v) is 19.2. The van der Waals surface area contributed by atoms with Gasteiger partial charge in [-0.15, -0.1) is 0 Å².